The van der Waals surface area contributed by atoms with Gasteiger partial charge in [0.25, 0.3) is 0 Å². The second kappa shape index (κ2) is 5.57. The predicted octanol–water partition coefficient (Wildman–Crippen LogP) is 2.04. The molecule has 1 atom stereocenters. The zero-order valence-electron chi connectivity index (χ0n) is 12.4. The maximum absolute atomic E-state index is 4.51. The number of hydrogen-bond donors (Lipinski definition) is 1. The first-order valence-corrected chi connectivity index (χ1v) is 6.70. The van der Waals surface area contributed by atoms with E-state index < -0.39 is 0 Å². The number of anilines is 1. The van der Waals surface area contributed by atoms with E-state index in [1.54, 1.807) is 0 Å². The first-order valence-electron chi connectivity index (χ1n) is 6.70. The monoisotopic (exact) mass is 261 g/mol. The highest BCUT2D eigenvalue weighted by molar-refractivity contribution is 5.44. The predicted molar refractivity (Wildman–Crippen MR) is 78.5 cm³/mol. The summed E-state index contributed by atoms with van der Waals surface area (Å²) < 4.78 is 1.82. The van der Waals surface area contributed by atoms with E-state index in [4.69, 9.17) is 0 Å². The molecule has 0 aromatic carbocycles. The van der Waals surface area contributed by atoms with Gasteiger partial charge in [0.05, 0.1) is 0 Å². The van der Waals surface area contributed by atoms with Crippen molar-refractivity contribution in [1.82, 2.24) is 19.5 Å². The van der Waals surface area contributed by atoms with Crippen LogP contribution in [-0.4, -0.2) is 46.2 Å². The molecule has 19 heavy (non-hydrogen) atoms. The van der Waals surface area contributed by atoms with Crippen LogP contribution in [0.1, 0.15) is 19.4 Å². The van der Waals surface area contributed by atoms with E-state index in [-0.39, 0.29) is 0 Å². The number of aryl methyl sites for hydroxylation is 1. The summed E-state index contributed by atoms with van der Waals surface area (Å²) in [5.74, 6) is 1.22. The van der Waals surface area contributed by atoms with Gasteiger partial charge in [-0.1, -0.05) is 19.9 Å². The Bertz CT molecular complexity index is 544. The zero-order chi connectivity index (χ0) is 14.0. The van der Waals surface area contributed by atoms with Gasteiger partial charge in [0.15, 0.2) is 5.65 Å². The van der Waals surface area contributed by atoms with E-state index in [1.165, 1.54) is 5.56 Å². The molecule has 0 bridgehead atoms. The Morgan fingerprint density at radius 1 is 1.32 bits per heavy atom. The average molecular weight is 261 g/mol. The first kappa shape index (κ1) is 13.8. The molecule has 5 heteroatoms. The molecular weight excluding hydrogens is 238 g/mol. The lowest BCUT2D eigenvalue weighted by atomic mass is 10.0. The van der Waals surface area contributed by atoms with Gasteiger partial charge in [-0.15, -0.1) is 5.10 Å². The molecule has 0 saturated carbocycles. The molecule has 0 aliphatic rings. The van der Waals surface area contributed by atoms with Crippen molar-refractivity contribution < 1.29 is 0 Å². The van der Waals surface area contributed by atoms with Gasteiger partial charge < -0.3 is 10.2 Å². The zero-order valence-corrected chi connectivity index (χ0v) is 12.4. The standard InChI is InChI=1S/C14H23N5/c1-10(2)12(9-18(4)5)15-14-16-13-7-6-11(3)8-19(13)17-14/h6-8,10,12H,9H2,1-5H3,(H,15,17). The van der Waals surface area contributed by atoms with Crippen LogP contribution in [0.3, 0.4) is 0 Å². The minimum Gasteiger partial charge on any atom is -0.349 e. The summed E-state index contributed by atoms with van der Waals surface area (Å²) in [5, 5.41) is 7.91. The molecule has 0 spiro atoms. The van der Waals surface area contributed by atoms with E-state index in [0.29, 0.717) is 17.9 Å². The third-order valence-electron chi connectivity index (χ3n) is 3.16. The quantitative estimate of drug-likeness (QED) is 0.894. The Hall–Kier alpha value is -1.62. The van der Waals surface area contributed by atoms with Crippen molar-refractivity contribution in [3.63, 3.8) is 0 Å². The van der Waals surface area contributed by atoms with Gasteiger partial charge >= 0.3 is 0 Å². The van der Waals surface area contributed by atoms with Crippen LogP contribution in [0.15, 0.2) is 18.3 Å². The van der Waals surface area contributed by atoms with Gasteiger partial charge in [-0.05, 0) is 38.6 Å². The van der Waals surface area contributed by atoms with E-state index in [2.05, 4.69) is 55.2 Å². The van der Waals surface area contributed by atoms with Crippen LogP contribution >= 0.6 is 0 Å². The van der Waals surface area contributed by atoms with E-state index in [1.807, 2.05) is 22.8 Å². The number of aromatic nitrogens is 3. The number of fused-ring (bicyclic) bond motifs is 1. The summed E-state index contributed by atoms with van der Waals surface area (Å²) in [6.07, 6.45) is 1.99. The van der Waals surface area contributed by atoms with Gasteiger partial charge in [-0.2, -0.15) is 4.98 Å². The van der Waals surface area contributed by atoms with E-state index in [0.717, 1.165) is 12.2 Å². The van der Waals surface area contributed by atoms with Crippen LogP contribution in [0.5, 0.6) is 0 Å². The Kier molecular flexibility index (Phi) is 4.04. The molecule has 5 nitrogen and oxygen atoms in total. The van der Waals surface area contributed by atoms with Crippen molar-refractivity contribution in [2.24, 2.45) is 5.92 Å². The minimum atomic E-state index is 0.341. The van der Waals surface area contributed by atoms with Gasteiger partial charge in [-0.25, -0.2) is 4.52 Å². The number of nitrogens with one attached hydrogen (secondary N) is 1. The summed E-state index contributed by atoms with van der Waals surface area (Å²) in [4.78, 5) is 6.68. The minimum absolute atomic E-state index is 0.341. The van der Waals surface area contributed by atoms with Gasteiger partial charge in [0.1, 0.15) is 0 Å². The Balaban J connectivity index is 2.19. The van der Waals surface area contributed by atoms with Crippen molar-refractivity contribution in [2.45, 2.75) is 26.8 Å². The van der Waals surface area contributed by atoms with Crippen molar-refractivity contribution >= 4 is 11.6 Å². The molecule has 2 heterocycles. The van der Waals surface area contributed by atoms with Crippen LogP contribution < -0.4 is 5.32 Å². The molecule has 2 aromatic heterocycles. The Morgan fingerprint density at radius 3 is 2.68 bits per heavy atom. The molecule has 0 radical (unpaired) electrons. The number of likely N-dealkylation sites (N-methyl/N-ethyl adjacent to an activating group) is 1. The summed E-state index contributed by atoms with van der Waals surface area (Å²) >= 11 is 0. The molecule has 2 aromatic rings. The SMILES string of the molecule is Cc1ccc2nc(NC(CN(C)C)C(C)C)nn2c1. The van der Waals surface area contributed by atoms with Gasteiger partial charge in [0, 0.05) is 18.8 Å². The number of nitrogens with zero attached hydrogens (tertiary/aromatic N) is 4. The smallest absolute Gasteiger partial charge is 0.243 e. The van der Waals surface area contributed by atoms with Crippen LogP contribution in [0.4, 0.5) is 5.95 Å². The molecule has 104 valence electrons. The topological polar surface area (TPSA) is 45.5 Å². The van der Waals surface area contributed by atoms with Crippen LogP contribution in [0.2, 0.25) is 0 Å². The molecule has 0 aliphatic heterocycles. The summed E-state index contributed by atoms with van der Waals surface area (Å²) in [6, 6.07) is 4.38. The van der Waals surface area contributed by atoms with Crippen molar-refractivity contribution in [3.8, 4) is 0 Å². The number of hydrogen-bond acceptors (Lipinski definition) is 4. The number of pyridine rings is 1. The Labute approximate surface area is 114 Å². The highest BCUT2D eigenvalue weighted by Gasteiger charge is 2.16. The average Bonchev–Trinajstić information content (AvgIpc) is 2.68. The maximum atomic E-state index is 4.51. The lowest BCUT2D eigenvalue weighted by Gasteiger charge is -2.24. The fourth-order valence-corrected chi connectivity index (χ4v) is 2.03. The van der Waals surface area contributed by atoms with Crippen molar-refractivity contribution in [2.75, 3.05) is 26.0 Å². The second-order valence-electron chi connectivity index (χ2n) is 5.70. The lowest BCUT2D eigenvalue weighted by Crippen LogP contribution is -2.36. The fourth-order valence-electron chi connectivity index (χ4n) is 2.03. The molecular formula is C14H23N5. The number of rotatable bonds is 5. The highest BCUT2D eigenvalue weighted by atomic mass is 15.4. The van der Waals surface area contributed by atoms with E-state index >= 15 is 0 Å². The van der Waals surface area contributed by atoms with E-state index in [9.17, 15) is 0 Å². The molecule has 0 fully saturated rings. The molecule has 1 unspecified atom stereocenters. The van der Waals surface area contributed by atoms with Crippen LogP contribution in [0.25, 0.3) is 5.65 Å². The summed E-state index contributed by atoms with van der Waals surface area (Å²) in [6.45, 7) is 7.44. The molecule has 0 aliphatic carbocycles. The molecule has 2 rings (SSSR count). The lowest BCUT2D eigenvalue weighted by molar-refractivity contribution is 0.343. The summed E-state index contributed by atoms with van der Waals surface area (Å²) in [7, 11) is 4.16. The Morgan fingerprint density at radius 2 is 2.05 bits per heavy atom. The third kappa shape index (κ3) is 3.44. The summed E-state index contributed by atoms with van der Waals surface area (Å²) in [5.41, 5.74) is 2.05. The third-order valence-corrected chi connectivity index (χ3v) is 3.16. The van der Waals surface area contributed by atoms with Crippen LogP contribution in [-0.2, 0) is 0 Å². The largest absolute Gasteiger partial charge is 0.349 e. The van der Waals surface area contributed by atoms with Gasteiger partial charge in [0.2, 0.25) is 5.95 Å². The first-order chi connectivity index (χ1) is 8.95. The van der Waals surface area contributed by atoms with Crippen molar-refractivity contribution in [3.05, 3.63) is 23.9 Å². The molecule has 1 N–H and O–H groups in total. The molecule has 0 amide bonds. The second-order valence-corrected chi connectivity index (χ2v) is 5.70. The maximum Gasteiger partial charge on any atom is 0.243 e. The van der Waals surface area contributed by atoms with Gasteiger partial charge in [-0.3, -0.25) is 0 Å². The highest BCUT2D eigenvalue weighted by Crippen LogP contribution is 2.12. The normalized spacial score (nSPS) is 13.4. The fraction of sp³-hybridized carbons (Fsp3) is 0.571. The van der Waals surface area contributed by atoms with Crippen LogP contribution in [0, 0.1) is 12.8 Å². The van der Waals surface area contributed by atoms with Crippen molar-refractivity contribution in [1.29, 1.82) is 0 Å². The molecule has 0 saturated heterocycles.